The van der Waals surface area contributed by atoms with E-state index >= 15 is 0 Å². The minimum absolute atomic E-state index is 0.105. The number of hydrogen-bond acceptors (Lipinski definition) is 3. The quantitative estimate of drug-likeness (QED) is 0.594. The standard InChI is InChI=1S/C8H14N2O/c1-2-6-11-10-5-3-4-8(9)7-10/h2-4,8H,1,5-7,9H2. The monoisotopic (exact) mass is 154 g/mol. The minimum atomic E-state index is 0.105. The van der Waals surface area contributed by atoms with Crippen molar-refractivity contribution < 1.29 is 4.84 Å². The van der Waals surface area contributed by atoms with E-state index in [1.165, 1.54) is 0 Å². The molecule has 1 atom stereocenters. The van der Waals surface area contributed by atoms with Crippen LogP contribution < -0.4 is 5.73 Å². The Bertz CT molecular complexity index is 156. The van der Waals surface area contributed by atoms with Gasteiger partial charge in [0.15, 0.2) is 0 Å². The Labute approximate surface area is 67.1 Å². The fourth-order valence-electron chi connectivity index (χ4n) is 0.987. The summed E-state index contributed by atoms with van der Waals surface area (Å²) in [7, 11) is 0. The van der Waals surface area contributed by atoms with Gasteiger partial charge < -0.3 is 5.73 Å². The Morgan fingerprint density at radius 1 is 1.82 bits per heavy atom. The maximum Gasteiger partial charge on any atom is 0.0864 e. The molecule has 62 valence electrons. The Hall–Kier alpha value is -0.640. The molecule has 1 aliphatic rings. The Kier molecular flexibility index (Phi) is 3.29. The predicted molar refractivity (Wildman–Crippen MR) is 44.8 cm³/mol. The highest BCUT2D eigenvalue weighted by atomic mass is 16.7. The molecule has 3 heteroatoms. The molecule has 0 aliphatic carbocycles. The second-order valence-electron chi connectivity index (χ2n) is 2.52. The third-order valence-corrected chi connectivity index (χ3v) is 1.48. The topological polar surface area (TPSA) is 38.5 Å². The van der Waals surface area contributed by atoms with Gasteiger partial charge in [-0.05, 0) is 0 Å². The molecule has 1 aliphatic heterocycles. The van der Waals surface area contributed by atoms with Crippen molar-refractivity contribution in [2.75, 3.05) is 19.7 Å². The molecule has 3 nitrogen and oxygen atoms in total. The van der Waals surface area contributed by atoms with Crippen LogP contribution in [-0.4, -0.2) is 30.8 Å². The summed E-state index contributed by atoms with van der Waals surface area (Å²) in [5.74, 6) is 0. The first-order chi connectivity index (χ1) is 5.33. The number of nitrogens with zero attached hydrogens (tertiary/aromatic N) is 1. The molecule has 1 rings (SSSR count). The van der Waals surface area contributed by atoms with Crippen LogP contribution in [0.5, 0.6) is 0 Å². The minimum Gasteiger partial charge on any atom is -0.323 e. The van der Waals surface area contributed by atoms with E-state index in [9.17, 15) is 0 Å². The molecule has 0 aromatic rings. The van der Waals surface area contributed by atoms with Crippen LogP contribution in [0.25, 0.3) is 0 Å². The zero-order valence-corrected chi connectivity index (χ0v) is 6.57. The number of nitrogens with two attached hydrogens (primary N) is 1. The number of hydrogen-bond donors (Lipinski definition) is 1. The SMILES string of the molecule is C=CCON1CC=CC(N)C1. The molecule has 0 amide bonds. The van der Waals surface area contributed by atoms with Gasteiger partial charge in [-0.3, -0.25) is 4.84 Å². The summed E-state index contributed by atoms with van der Waals surface area (Å²) in [6.07, 6.45) is 5.73. The van der Waals surface area contributed by atoms with Crippen LogP contribution in [0.1, 0.15) is 0 Å². The zero-order valence-electron chi connectivity index (χ0n) is 6.57. The summed E-state index contributed by atoms with van der Waals surface area (Å²) in [5, 5.41) is 1.84. The summed E-state index contributed by atoms with van der Waals surface area (Å²) in [5.41, 5.74) is 5.66. The van der Waals surface area contributed by atoms with Gasteiger partial charge in [0.05, 0.1) is 6.61 Å². The molecule has 0 bridgehead atoms. The first-order valence-electron chi connectivity index (χ1n) is 3.74. The van der Waals surface area contributed by atoms with Crippen molar-refractivity contribution in [1.82, 2.24) is 5.06 Å². The summed E-state index contributed by atoms with van der Waals surface area (Å²) < 4.78 is 0. The molecule has 1 heterocycles. The van der Waals surface area contributed by atoms with Gasteiger partial charge in [-0.2, -0.15) is 5.06 Å². The molecule has 1 unspecified atom stereocenters. The summed E-state index contributed by atoms with van der Waals surface area (Å²) in [6, 6.07) is 0.105. The van der Waals surface area contributed by atoms with Crippen LogP contribution in [0.3, 0.4) is 0 Å². The van der Waals surface area contributed by atoms with E-state index in [1.807, 2.05) is 17.2 Å². The summed E-state index contributed by atoms with van der Waals surface area (Å²) in [6.45, 7) is 5.71. The molecule has 0 radical (unpaired) electrons. The maximum absolute atomic E-state index is 5.66. The third kappa shape index (κ3) is 2.84. The lowest BCUT2D eigenvalue weighted by Crippen LogP contribution is -2.39. The van der Waals surface area contributed by atoms with Crippen LogP contribution in [-0.2, 0) is 4.84 Å². The fraction of sp³-hybridized carbons (Fsp3) is 0.500. The Morgan fingerprint density at radius 2 is 2.64 bits per heavy atom. The van der Waals surface area contributed by atoms with E-state index in [4.69, 9.17) is 10.6 Å². The third-order valence-electron chi connectivity index (χ3n) is 1.48. The van der Waals surface area contributed by atoms with Crippen LogP contribution in [0.4, 0.5) is 0 Å². The van der Waals surface area contributed by atoms with Crippen molar-refractivity contribution in [1.29, 1.82) is 0 Å². The van der Waals surface area contributed by atoms with Crippen molar-refractivity contribution in [2.45, 2.75) is 6.04 Å². The van der Waals surface area contributed by atoms with Gasteiger partial charge >= 0.3 is 0 Å². The van der Waals surface area contributed by atoms with Crippen molar-refractivity contribution in [3.8, 4) is 0 Å². The van der Waals surface area contributed by atoms with E-state index in [1.54, 1.807) is 6.08 Å². The van der Waals surface area contributed by atoms with Gasteiger partial charge in [-0.1, -0.05) is 18.2 Å². The van der Waals surface area contributed by atoms with Gasteiger partial charge in [0.1, 0.15) is 0 Å². The number of hydroxylamine groups is 2. The van der Waals surface area contributed by atoms with Crippen LogP contribution >= 0.6 is 0 Å². The fourth-order valence-corrected chi connectivity index (χ4v) is 0.987. The molecule has 11 heavy (non-hydrogen) atoms. The molecular formula is C8H14N2O. The van der Waals surface area contributed by atoms with Crippen molar-refractivity contribution in [2.24, 2.45) is 5.73 Å². The van der Waals surface area contributed by atoms with E-state index in [2.05, 4.69) is 6.58 Å². The lowest BCUT2D eigenvalue weighted by Gasteiger charge is -2.25. The van der Waals surface area contributed by atoms with E-state index in [-0.39, 0.29) is 6.04 Å². The first kappa shape index (κ1) is 8.46. The highest BCUT2D eigenvalue weighted by Crippen LogP contribution is 2.00. The van der Waals surface area contributed by atoms with Gasteiger partial charge in [-0.15, -0.1) is 6.58 Å². The predicted octanol–water partition coefficient (Wildman–Crippen LogP) is 0.303. The smallest absolute Gasteiger partial charge is 0.0864 e. The molecule has 0 saturated carbocycles. The summed E-state index contributed by atoms with van der Waals surface area (Å²) in [4.78, 5) is 5.29. The first-order valence-corrected chi connectivity index (χ1v) is 3.74. The second kappa shape index (κ2) is 4.28. The van der Waals surface area contributed by atoms with Crippen molar-refractivity contribution in [3.63, 3.8) is 0 Å². The molecule has 0 aromatic carbocycles. The van der Waals surface area contributed by atoms with Gasteiger partial charge in [-0.25, -0.2) is 0 Å². The average molecular weight is 154 g/mol. The van der Waals surface area contributed by atoms with Gasteiger partial charge in [0, 0.05) is 19.1 Å². The molecule has 0 saturated heterocycles. The van der Waals surface area contributed by atoms with E-state index in [0.717, 1.165) is 13.1 Å². The van der Waals surface area contributed by atoms with Crippen molar-refractivity contribution in [3.05, 3.63) is 24.8 Å². The van der Waals surface area contributed by atoms with E-state index < -0.39 is 0 Å². The lowest BCUT2D eigenvalue weighted by atomic mass is 10.2. The largest absolute Gasteiger partial charge is 0.323 e. The highest BCUT2D eigenvalue weighted by molar-refractivity contribution is 4.97. The van der Waals surface area contributed by atoms with Crippen LogP contribution in [0.2, 0.25) is 0 Å². The number of rotatable bonds is 3. The highest BCUT2D eigenvalue weighted by Gasteiger charge is 2.10. The maximum atomic E-state index is 5.66. The molecular weight excluding hydrogens is 140 g/mol. The Balaban J connectivity index is 2.25. The van der Waals surface area contributed by atoms with Crippen LogP contribution in [0.15, 0.2) is 24.8 Å². The second-order valence-corrected chi connectivity index (χ2v) is 2.52. The Morgan fingerprint density at radius 3 is 3.27 bits per heavy atom. The molecule has 0 spiro atoms. The molecule has 0 fully saturated rings. The van der Waals surface area contributed by atoms with E-state index in [0.29, 0.717) is 6.61 Å². The lowest BCUT2D eigenvalue weighted by molar-refractivity contribution is -0.143. The zero-order chi connectivity index (χ0) is 8.10. The molecule has 2 N–H and O–H groups in total. The van der Waals surface area contributed by atoms with Crippen LogP contribution in [0, 0.1) is 0 Å². The molecule has 0 aromatic heterocycles. The average Bonchev–Trinajstić information content (AvgIpc) is 2.01. The van der Waals surface area contributed by atoms with Gasteiger partial charge in [0.2, 0.25) is 0 Å². The van der Waals surface area contributed by atoms with Gasteiger partial charge in [0.25, 0.3) is 0 Å². The summed E-state index contributed by atoms with van der Waals surface area (Å²) >= 11 is 0. The van der Waals surface area contributed by atoms with Crippen molar-refractivity contribution >= 4 is 0 Å². The normalized spacial score (nSPS) is 25.4.